The molecule has 0 unspecified atom stereocenters. The summed E-state index contributed by atoms with van der Waals surface area (Å²) in [4.78, 5) is 0. The minimum absolute atomic E-state index is 0.0609. The molecular formula is C32H54O. The van der Waals surface area contributed by atoms with Gasteiger partial charge in [-0.2, -0.15) is 0 Å². The summed E-state index contributed by atoms with van der Waals surface area (Å²) in [6.45, 7) is 22.2. The molecule has 0 saturated heterocycles. The molecule has 0 amide bonds. The van der Waals surface area contributed by atoms with Gasteiger partial charge in [-0.25, -0.2) is 0 Å². The molecule has 0 aromatic rings. The van der Waals surface area contributed by atoms with Gasteiger partial charge >= 0.3 is 0 Å². The molecule has 5 saturated carbocycles. The Morgan fingerprint density at radius 2 is 1.55 bits per heavy atom. The maximum absolute atomic E-state index is 10.9. The van der Waals surface area contributed by atoms with Crippen LogP contribution in [0.2, 0.25) is 0 Å². The van der Waals surface area contributed by atoms with Gasteiger partial charge in [-0.1, -0.05) is 60.1 Å². The fourth-order valence-corrected chi connectivity index (χ4v) is 12.2. The predicted molar refractivity (Wildman–Crippen MR) is 140 cm³/mol. The first-order valence-corrected chi connectivity index (χ1v) is 14.7. The Morgan fingerprint density at radius 1 is 0.818 bits per heavy atom. The molecule has 33 heavy (non-hydrogen) atoms. The van der Waals surface area contributed by atoms with Crippen LogP contribution in [0.4, 0.5) is 0 Å². The van der Waals surface area contributed by atoms with Crippen molar-refractivity contribution in [2.75, 3.05) is 0 Å². The van der Waals surface area contributed by atoms with E-state index in [-0.39, 0.29) is 11.5 Å². The summed E-state index contributed by atoms with van der Waals surface area (Å²) in [6.07, 6.45) is 16.3. The quantitative estimate of drug-likeness (QED) is 0.422. The van der Waals surface area contributed by atoms with Gasteiger partial charge in [-0.15, -0.1) is 0 Å². The van der Waals surface area contributed by atoms with Gasteiger partial charge in [0.25, 0.3) is 0 Å². The fourth-order valence-electron chi connectivity index (χ4n) is 12.2. The zero-order valence-electron chi connectivity index (χ0n) is 23.1. The lowest BCUT2D eigenvalue weighted by Crippen LogP contribution is -2.66. The minimum Gasteiger partial charge on any atom is -0.393 e. The van der Waals surface area contributed by atoms with Crippen molar-refractivity contribution in [3.8, 4) is 0 Å². The predicted octanol–water partition coefficient (Wildman–Crippen LogP) is 8.81. The summed E-state index contributed by atoms with van der Waals surface area (Å²) >= 11 is 0. The van der Waals surface area contributed by atoms with Gasteiger partial charge in [-0.05, 0) is 134 Å². The van der Waals surface area contributed by atoms with Crippen molar-refractivity contribution < 1.29 is 5.11 Å². The molecule has 0 aromatic heterocycles. The molecule has 5 aliphatic rings. The SMILES string of the molecule is C=C(C)[C@@H]1CC[C@]2(CCC)CC[C@]3(C)[C@H](CC[C@@H]4[C@@]5(C)CC[C@H](O)C(C)(C)[C@@H]5CC[C@]43C)[C@@H]12. The Balaban J connectivity index is 1.54. The van der Waals surface area contributed by atoms with Crippen LogP contribution >= 0.6 is 0 Å². The van der Waals surface area contributed by atoms with Gasteiger partial charge < -0.3 is 5.11 Å². The molecule has 0 spiro atoms. The van der Waals surface area contributed by atoms with Crippen LogP contribution in [0.3, 0.4) is 0 Å². The molecule has 5 fully saturated rings. The van der Waals surface area contributed by atoms with Gasteiger partial charge in [0, 0.05) is 0 Å². The number of hydrogen-bond acceptors (Lipinski definition) is 1. The first-order valence-electron chi connectivity index (χ1n) is 14.7. The highest BCUT2D eigenvalue weighted by Gasteiger charge is 2.70. The third kappa shape index (κ3) is 2.99. The van der Waals surface area contributed by atoms with Gasteiger partial charge in [0.1, 0.15) is 0 Å². The van der Waals surface area contributed by atoms with Crippen molar-refractivity contribution >= 4 is 0 Å². The topological polar surface area (TPSA) is 20.2 Å². The highest BCUT2D eigenvalue weighted by molar-refractivity contribution is 5.21. The van der Waals surface area contributed by atoms with Gasteiger partial charge in [0.05, 0.1) is 6.10 Å². The average Bonchev–Trinajstić information content (AvgIpc) is 3.12. The van der Waals surface area contributed by atoms with Crippen molar-refractivity contribution in [1.29, 1.82) is 0 Å². The maximum Gasteiger partial charge on any atom is 0.0594 e. The molecule has 0 aromatic carbocycles. The lowest BCUT2D eigenvalue weighted by atomic mass is 9.32. The lowest BCUT2D eigenvalue weighted by molar-refractivity contribution is -0.248. The van der Waals surface area contributed by atoms with Crippen LogP contribution in [0.25, 0.3) is 0 Å². The van der Waals surface area contributed by atoms with E-state index in [2.05, 4.69) is 55.0 Å². The normalized spacial score (nSPS) is 55.2. The van der Waals surface area contributed by atoms with Crippen LogP contribution in [0.1, 0.15) is 126 Å². The Bertz CT molecular complexity index is 796. The Kier molecular flexibility index (Phi) is 5.62. The third-order valence-electron chi connectivity index (χ3n) is 14.0. The van der Waals surface area contributed by atoms with Crippen LogP contribution in [0.5, 0.6) is 0 Å². The molecule has 0 aliphatic heterocycles. The molecule has 1 heteroatoms. The van der Waals surface area contributed by atoms with Gasteiger partial charge in [-0.3, -0.25) is 0 Å². The van der Waals surface area contributed by atoms with E-state index in [4.69, 9.17) is 0 Å². The van der Waals surface area contributed by atoms with E-state index in [0.717, 1.165) is 30.1 Å². The van der Waals surface area contributed by atoms with Gasteiger partial charge in [0.2, 0.25) is 0 Å². The second-order valence-corrected chi connectivity index (χ2v) is 15.2. The molecule has 5 aliphatic carbocycles. The Hall–Kier alpha value is -0.300. The average molecular weight is 455 g/mol. The second kappa shape index (κ2) is 7.60. The monoisotopic (exact) mass is 454 g/mol. The van der Waals surface area contributed by atoms with Crippen molar-refractivity contribution in [3.05, 3.63) is 12.2 Å². The van der Waals surface area contributed by atoms with Gasteiger partial charge in [0.15, 0.2) is 0 Å². The van der Waals surface area contributed by atoms with Crippen LogP contribution in [0.15, 0.2) is 12.2 Å². The molecule has 1 N–H and O–H groups in total. The highest BCUT2D eigenvalue weighted by Crippen LogP contribution is 2.77. The van der Waals surface area contributed by atoms with Crippen molar-refractivity contribution in [2.24, 2.45) is 56.7 Å². The summed E-state index contributed by atoms with van der Waals surface area (Å²) in [6, 6.07) is 0. The van der Waals surface area contributed by atoms with E-state index >= 15 is 0 Å². The molecule has 0 radical (unpaired) electrons. The molecule has 1 nitrogen and oxygen atoms in total. The smallest absolute Gasteiger partial charge is 0.0594 e. The van der Waals surface area contributed by atoms with E-state index < -0.39 is 0 Å². The second-order valence-electron chi connectivity index (χ2n) is 15.2. The van der Waals surface area contributed by atoms with Crippen LogP contribution in [0, 0.1) is 56.7 Å². The van der Waals surface area contributed by atoms with E-state index in [1.54, 1.807) is 0 Å². The largest absolute Gasteiger partial charge is 0.393 e. The zero-order valence-corrected chi connectivity index (χ0v) is 23.1. The number of hydrogen-bond donors (Lipinski definition) is 1. The molecule has 188 valence electrons. The molecule has 0 bridgehead atoms. The first kappa shape index (κ1) is 24.4. The van der Waals surface area contributed by atoms with Crippen LogP contribution in [-0.4, -0.2) is 11.2 Å². The van der Waals surface area contributed by atoms with Crippen molar-refractivity contribution in [2.45, 2.75) is 132 Å². The molecule has 5 rings (SSSR count). The maximum atomic E-state index is 10.9. The van der Waals surface area contributed by atoms with E-state index in [1.165, 1.54) is 76.2 Å². The summed E-state index contributed by atoms with van der Waals surface area (Å²) in [7, 11) is 0. The van der Waals surface area contributed by atoms with E-state index in [0.29, 0.717) is 27.6 Å². The molecule has 10 atom stereocenters. The number of aliphatic hydroxyl groups excluding tert-OH is 1. The number of allylic oxidation sites excluding steroid dienone is 1. The standard InChI is InChI=1S/C32H54O/c1-9-15-32-18-12-22(21(2)3)27(32)23-10-11-25-29(6)16-14-26(33)28(4,5)24(29)13-17-31(25,8)30(23,7)19-20-32/h22-27,33H,2,9-20H2,1,3-8H3/t22-,23+,24-,25+,26-,27+,29-,30+,31+,32+/m0/s1. The lowest BCUT2D eigenvalue weighted by Gasteiger charge is -2.73. The Labute approximate surface area is 205 Å². The molecule has 0 heterocycles. The highest BCUT2D eigenvalue weighted by atomic mass is 16.3. The Morgan fingerprint density at radius 3 is 2.21 bits per heavy atom. The number of aliphatic hydroxyl groups is 1. The zero-order chi connectivity index (χ0) is 24.0. The van der Waals surface area contributed by atoms with E-state index in [1.807, 2.05) is 0 Å². The van der Waals surface area contributed by atoms with Crippen molar-refractivity contribution in [1.82, 2.24) is 0 Å². The summed E-state index contributed by atoms with van der Waals surface area (Å²) < 4.78 is 0. The minimum atomic E-state index is -0.119. The number of rotatable bonds is 3. The third-order valence-corrected chi connectivity index (χ3v) is 14.0. The summed E-state index contributed by atoms with van der Waals surface area (Å²) in [5.41, 5.74) is 3.44. The van der Waals surface area contributed by atoms with Crippen LogP contribution in [-0.2, 0) is 0 Å². The summed E-state index contributed by atoms with van der Waals surface area (Å²) in [5, 5.41) is 10.9. The summed E-state index contributed by atoms with van der Waals surface area (Å²) in [5.74, 6) is 4.01. The number of fused-ring (bicyclic) bond motifs is 7. The van der Waals surface area contributed by atoms with E-state index in [9.17, 15) is 5.11 Å². The fraction of sp³-hybridized carbons (Fsp3) is 0.938. The van der Waals surface area contributed by atoms with Crippen molar-refractivity contribution in [3.63, 3.8) is 0 Å². The molecular weight excluding hydrogens is 400 g/mol. The van der Waals surface area contributed by atoms with Crippen LogP contribution < -0.4 is 0 Å². The first-order chi connectivity index (χ1) is 15.4.